The Balaban J connectivity index is 1.71. The number of nitrogens with zero attached hydrogens (tertiary/aromatic N) is 1. The molecule has 3 aromatic carbocycles. The first-order valence-electron chi connectivity index (χ1n) is 11.3. The van der Waals surface area contributed by atoms with Gasteiger partial charge in [0.2, 0.25) is 0 Å². The number of halogens is 1. The zero-order valence-corrected chi connectivity index (χ0v) is 21.9. The van der Waals surface area contributed by atoms with Crippen molar-refractivity contribution in [3.63, 3.8) is 0 Å². The van der Waals surface area contributed by atoms with Gasteiger partial charge >= 0.3 is 5.97 Å². The van der Waals surface area contributed by atoms with Crippen LogP contribution >= 0.6 is 15.9 Å². The molecule has 0 aliphatic heterocycles. The molecule has 0 bridgehead atoms. The van der Waals surface area contributed by atoms with Gasteiger partial charge in [-0.05, 0) is 60.5 Å². The number of nitriles is 1. The summed E-state index contributed by atoms with van der Waals surface area (Å²) in [6.07, 6.45) is 1.43. The molecule has 1 amide bonds. The van der Waals surface area contributed by atoms with E-state index in [0.29, 0.717) is 46.2 Å². The molecule has 0 aromatic heterocycles. The van der Waals surface area contributed by atoms with E-state index in [2.05, 4.69) is 26.0 Å². The molecule has 37 heavy (non-hydrogen) atoms. The minimum atomic E-state index is -0.573. The minimum absolute atomic E-state index is 0.115. The number of nitrogens with one attached hydrogen (secondary N) is 1. The number of anilines is 1. The quantitative estimate of drug-likeness (QED) is 0.185. The fraction of sp³-hybridized carbons (Fsp3) is 0.179. The second-order valence-corrected chi connectivity index (χ2v) is 8.40. The summed E-state index contributed by atoms with van der Waals surface area (Å²) in [4.78, 5) is 24.2. The zero-order chi connectivity index (χ0) is 26.6. The summed E-state index contributed by atoms with van der Waals surface area (Å²) < 4.78 is 22.0. The molecule has 0 aliphatic carbocycles. The highest BCUT2D eigenvalue weighted by Crippen LogP contribution is 2.35. The van der Waals surface area contributed by atoms with Crippen LogP contribution in [0.2, 0.25) is 0 Å². The Morgan fingerprint density at radius 1 is 1.00 bits per heavy atom. The van der Waals surface area contributed by atoms with Crippen molar-refractivity contribution in [3.8, 4) is 23.3 Å². The van der Waals surface area contributed by atoms with Crippen LogP contribution in [-0.2, 0) is 20.9 Å². The Morgan fingerprint density at radius 2 is 1.70 bits per heavy atom. The average molecular weight is 565 g/mol. The summed E-state index contributed by atoms with van der Waals surface area (Å²) in [7, 11) is 1.27. The van der Waals surface area contributed by atoms with E-state index in [1.807, 2.05) is 36.4 Å². The Bertz CT molecular complexity index is 1300. The van der Waals surface area contributed by atoms with Crippen LogP contribution in [-0.4, -0.2) is 32.2 Å². The SMILES string of the molecule is CCOc1cc(/C=C(\C#N)C(=O)Nc2ccc(OCc3ccccc3)cc2)c(Br)cc1OCC(=O)OC. The van der Waals surface area contributed by atoms with Crippen molar-refractivity contribution in [2.24, 2.45) is 0 Å². The second kappa shape index (κ2) is 13.7. The van der Waals surface area contributed by atoms with Crippen molar-refractivity contribution in [2.45, 2.75) is 13.5 Å². The molecule has 9 heteroatoms. The van der Waals surface area contributed by atoms with Crippen LogP contribution in [0.15, 0.2) is 76.8 Å². The lowest BCUT2D eigenvalue weighted by molar-refractivity contribution is -0.142. The van der Waals surface area contributed by atoms with Gasteiger partial charge in [-0.1, -0.05) is 46.3 Å². The first-order chi connectivity index (χ1) is 17.9. The van der Waals surface area contributed by atoms with Crippen molar-refractivity contribution in [2.75, 3.05) is 25.6 Å². The summed E-state index contributed by atoms with van der Waals surface area (Å²) in [6.45, 7) is 2.28. The standard InChI is InChI=1S/C28H25BrN2O6/c1-3-35-25-14-20(24(29)15-26(25)37-18-27(32)34-2)13-21(16-30)28(33)31-22-9-11-23(12-10-22)36-17-19-7-5-4-6-8-19/h4-15H,3,17-18H2,1-2H3,(H,31,33)/b21-13+. The molecule has 0 heterocycles. The highest BCUT2D eigenvalue weighted by molar-refractivity contribution is 9.10. The van der Waals surface area contributed by atoms with Gasteiger partial charge < -0.3 is 24.3 Å². The van der Waals surface area contributed by atoms with E-state index in [-0.39, 0.29) is 12.2 Å². The molecule has 1 N–H and O–H groups in total. The molecule has 0 saturated heterocycles. The van der Waals surface area contributed by atoms with Gasteiger partial charge in [-0.25, -0.2) is 4.79 Å². The monoisotopic (exact) mass is 564 g/mol. The van der Waals surface area contributed by atoms with Crippen molar-refractivity contribution in [1.29, 1.82) is 5.26 Å². The number of ether oxygens (including phenoxy) is 4. The molecular weight excluding hydrogens is 540 g/mol. The van der Waals surface area contributed by atoms with Gasteiger partial charge in [0, 0.05) is 10.2 Å². The van der Waals surface area contributed by atoms with E-state index in [1.54, 1.807) is 43.3 Å². The van der Waals surface area contributed by atoms with E-state index >= 15 is 0 Å². The van der Waals surface area contributed by atoms with Gasteiger partial charge in [0.1, 0.15) is 24.0 Å². The van der Waals surface area contributed by atoms with Crippen LogP contribution in [0.5, 0.6) is 17.2 Å². The van der Waals surface area contributed by atoms with Crippen LogP contribution in [0.3, 0.4) is 0 Å². The molecule has 0 aliphatic rings. The smallest absolute Gasteiger partial charge is 0.343 e. The summed E-state index contributed by atoms with van der Waals surface area (Å²) in [5, 5.41) is 12.3. The normalized spacial score (nSPS) is 10.7. The van der Waals surface area contributed by atoms with Gasteiger partial charge in [0.25, 0.3) is 5.91 Å². The van der Waals surface area contributed by atoms with Crippen LogP contribution in [0, 0.1) is 11.3 Å². The molecule has 3 rings (SSSR count). The minimum Gasteiger partial charge on any atom is -0.490 e. The third-order valence-electron chi connectivity index (χ3n) is 4.96. The van der Waals surface area contributed by atoms with Crippen molar-refractivity contribution in [3.05, 3.63) is 87.9 Å². The maximum absolute atomic E-state index is 12.8. The highest BCUT2D eigenvalue weighted by Gasteiger charge is 2.15. The van der Waals surface area contributed by atoms with E-state index in [1.165, 1.54) is 13.2 Å². The summed E-state index contributed by atoms with van der Waals surface area (Å²) in [5.74, 6) is 0.205. The Kier molecular flexibility index (Phi) is 10.1. The Hall–Kier alpha value is -4.29. The molecule has 0 unspecified atom stereocenters. The summed E-state index contributed by atoms with van der Waals surface area (Å²) in [6, 6.07) is 21.8. The van der Waals surface area contributed by atoms with Crippen molar-refractivity contribution >= 4 is 39.6 Å². The predicted molar refractivity (Wildman–Crippen MR) is 142 cm³/mol. The number of amides is 1. The summed E-state index contributed by atoms with van der Waals surface area (Å²) in [5.41, 5.74) is 1.96. The lowest BCUT2D eigenvalue weighted by atomic mass is 10.1. The molecular formula is C28H25BrN2O6. The Morgan fingerprint density at radius 3 is 2.35 bits per heavy atom. The number of carbonyl (C=O) groups is 2. The van der Waals surface area contributed by atoms with E-state index in [4.69, 9.17) is 14.2 Å². The average Bonchev–Trinajstić information content (AvgIpc) is 2.92. The van der Waals surface area contributed by atoms with Gasteiger partial charge in [-0.15, -0.1) is 0 Å². The van der Waals surface area contributed by atoms with Gasteiger partial charge in [0.15, 0.2) is 18.1 Å². The van der Waals surface area contributed by atoms with Crippen LogP contribution in [0.4, 0.5) is 5.69 Å². The zero-order valence-electron chi connectivity index (χ0n) is 20.3. The molecule has 190 valence electrons. The molecule has 3 aromatic rings. The van der Waals surface area contributed by atoms with Gasteiger partial charge in [-0.2, -0.15) is 5.26 Å². The number of hydrogen-bond donors (Lipinski definition) is 1. The first kappa shape index (κ1) is 27.3. The van der Waals surface area contributed by atoms with Crippen molar-refractivity contribution < 1.29 is 28.5 Å². The third kappa shape index (κ3) is 8.12. The van der Waals surface area contributed by atoms with Crippen LogP contribution in [0.1, 0.15) is 18.1 Å². The van der Waals surface area contributed by atoms with E-state index in [9.17, 15) is 14.9 Å². The topological polar surface area (TPSA) is 107 Å². The van der Waals surface area contributed by atoms with E-state index < -0.39 is 11.9 Å². The fourth-order valence-electron chi connectivity index (χ4n) is 3.12. The van der Waals surface area contributed by atoms with Gasteiger partial charge in [0.05, 0.1) is 13.7 Å². The third-order valence-corrected chi connectivity index (χ3v) is 5.65. The summed E-state index contributed by atoms with van der Waals surface area (Å²) >= 11 is 3.42. The lowest BCUT2D eigenvalue weighted by Crippen LogP contribution is -2.14. The number of benzene rings is 3. The maximum atomic E-state index is 12.8. The predicted octanol–water partition coefficient (Wildman–Crippen LogP) is 5.52. The van der Waals surface area contributed by atoms with Crippen molar-refractivity contribution in [1.82, 2.24) is 0 Å². The second-order valence-electron chi connectivity index (χ2n) is 7.54. The van der Waals surface area contributed by atoms with E-state index in [0.717, 1.165) is 5.56 Å². The number of esters is 1. The number of carbonyl (C=O) groups excluding carboxylic acids is 2. The fourth-order valence-corrected chi connectivity index (χ4v) is 3.55. The van der Waals surface area contributed by atoms with Gasteiger partial charge in [-0.3, -0.25) is 4.79 Å². The molecule has 0 saturated carbocycles. The molecule has 0 atom stereocenters. The Labute approximate surface area is 223 Å². The maximum Gasteiger partial charge on any atom is 0.343 e. The molecule has 0 radical (unpaired) electrons. The van der Waals surface area contributed by atoms with Crippen LogP contribution in [0.25, 0.3) is 6.08 Å². The number of hydrogen-bond acceptors (Lipinski definition) is 7. The highest BCUT2D eigenvalue weighted by atomic mass is 79.9. The molecule has 0 fully saturated rings. The number of methoxy groups -OCH3 is 1. The lowest BCUT2D eigenvalue weighted by Gasteiger charge is -2.13. The van der Waals surface area contributed by atoms with Crippen LogP contribution < -0.4 is 19.5 Å². The first-order valence-corrected chi connectivity index (χ1v) is 12.1. The molecule has 8 nitrogen and oxygen atoms in total. The molecule has 0 spiro atoms. The largest absolute Gasteiger partial charge is 0.490 e. The number of rotatable bonds is 11.